The van der Waals surface area contributed by atoms with Gasteiger partial charge in [-0.3, -0.25) is 0 Å². The molecule has 96 valence electrons. The Bertz CT molecular complexity index is 324. The number of aromatic nitrogens is 3. The van der Waals surface area contributed by atoms with Crippen molar-refractivity contribution in [3.8, 4) is 0 Å². The molecule has 0 bridgehead atoms. The Hall–Kier alpha value is -0.900. The van der Waals surface area contributed by atoms with Gasteiger partial charge in [0.25, 0.3) is 0 Å². The van der Waals surface area contributed by atoms with Gasteiger partial charge in [0, 0.05) is 6.04 Å². The summed E-state index contributed by atoms with van der Waals surface area (Å²) in [5, 5.41) is 7.84. The van der Waals surface area contributed by atoms with Crippen LogP contribution in [0.15, 0.2) is 6.33 Å². The zero-order valence-corrected chi connectivity index (χ0v) is 11.0. The number of rotatable bonds is 4. The lowest BCUT2D eigenvalue weighted by Gasteiger charge is -2.17. The van der Waals surface area contributed by atoms with E-state index in [0.717, 1.165) is 12.4 Å². The molecule has 0 unspecified atom stereocenters. The summed E-state index contributed by atoms with van der Waals surface area (Å²) in [5.74, 6) is 1.09. The Kier molecular flexibility index (Phi) is 4.54. The maximum Gasteiger partial charge on any atom is 0.141 e. The van der Waals surface area contributed by atoms with Crippen molar-refractivity contribution in [2.24, 2.45) is 0 Å². The minimum Gasteiger partial charge on any atom is -0.308 e. The van der Waals surface area contributed by atoms with E-state index in [2.05, 4.69) is 33.9 Å². The molecule has 4 nitrogen and oxygen atoms in total. The summed E-state index contributed by atoms with van der Waals surface area (Å²) in [6.45, 7) is 5.15. The fourth-order valence-electron chi connectivity index (χ4n) is 2.50. The third-order valence-electron chi connectivity index (χ3n) is 3.49. The molecule has 0 atom stereocenters. The normalized spacial score (nSPS) is 18.5. The lowest BCUT2D eigenvalue weighted by Crippen LogP contribution is -2.25. The van der Waals surface area contributed by atoms with Gasteiger partial charge in [0.1, 0.15) is 12.2 Å². The van der Waals surface area contributed by atoms with Crippen LogP contribution in [0.5, 0.6) is 0 Å². The Labute approximate surface area is 104 Å². The minimum atomic E-state index is 0.495. The first-order valence-electron chi connectivity index (χ1n) is 6.89. The second-order valence-corrected chi connectivity index (χ2v) is 5.30. The molecule has 0 amide bonds. The van der Waals surface area contributed by atoms with Crippen molar-refractivity contribution >= 4 is 0 Å². The van der Waals surface area contributed by atoms with Gasteiger partial charge >= 0.3 is 0 Å². The van der Waals surface area contributed by atoms with Gasteiger partial charge in [-0.15, -0.1) is 0 Å². The average molecular weight is 236 g/mol. The topological polar surface area (TPSA) is 42.7 Å². The molecule has 0 radical (unpaired) electrons. The second kappa shape index (κ2) is 6.15. The summed E-state index contributed by atoms with van der Waals surface area (Å²) in [5.41, 5.74) is 0. The molecular formula is C13H24N4. The number of hydrogen-bond donors (Lipinski definition) is 1. The summed E-state index contributed by atoms with van der Waals surface area (Å²) in [4.78, 5) is 4.38. The highest BCUT2D eigenvalue weighted by atomic mass is 15.4. The molecule has 4 heteroatoms. The fourth-order valence-corrected chi connectivity index (χ4v) is 2.50. The van der Waals surface area contributed by atoms with Gasteiger partial charge in [-0.2, -0.15) is 5.10 Å². The SMILES string of the molecule is CC(C)NCc1ncnn1C1CCCCCC1. The van der Waals surface area contributed by atoms with Crippen LogP contribution in [0.25, 0.3) is 0 Å². The fraction of sp³-hybridized carbons (Fsp3) is 0.846. The van der Waals surface area contributed by atoms with Crippen molar-refractivity contribution in [3.05, 3.63) is 12.2 Å². The Morgan fingerprint density at radius 3 is 2.65 bits per heavy atom. The lowest BCUT2D eigenvalue weighted by molar-refractivity contribution is 0.383. The monoisotopic (exact) mass is 236 g/mol. The highest BCUT2D eigenvalue weighted by Gasteiger charge is 2.17. The molecule has 1 aliphatic carbocycles. The lowest BCUT2D eigenvalue weighted by atomic mass is 10.1. The number of nitrogens with zero attached hydrogens (tertiary/aromatic N) is 3. The molecule has 17 heavy (non-hydrogen) atoms. The molecule has 1 saturated carbocycles. The predicted octanol–water partition coefficient (Wildman–Crippen LogP) is 2.67. The van der Waals surface area contributed by atoms with Crippen molar-refractivity contribution in [3.63, 3.8) is 0 Å². The van der Waals surface area contributed by atoms with E-state index in [0.29, 0.717) is 12.1 Å². The Morgan fingerprint density at radius 1 is 1.29 bits per heavy atom. The largest absolute Gasteiger partial charge is 0.308 e. The van der Waals surface area contributed by atoms with Gasteiger partial charge in [-0.05, 0) is 12.8 Å². The molecular weight excluding hydrogens is 212 g/mol. The van der Waals surface area contributed by atoms with Crippen LogP contribution in [-0.2, 0) is 6.54 Å². The van der Waals surface area contributed by atoms with Gasteiger partial charge < -0.3 is 5.32 Å². The van der Waals surface area contributed by atoms with Crippen LogP contribution in [0.4, 0.5) is 0 Å². The van der Waals surface area contributed by atoms with Crippen molar-refractivity contribution < 1.29 is 0 Å². The molecule has 1 fully saturated rings. The third kappa shape index (κ3) is 3.53. The second-order valence-electron chi connectivity index (χ2n) is 5.30. The van der Waals surface area contributed by atoms with Crippen LogP contribution < -0.4 is 5.32 Å². The molecule has 1 aromatic rings. The summed E-state index contributed by atoms with van der Waals surface area (Å²) in [6, 6.07) is 1.07. The molecule has 0 spiro atoms. The predicted molar refractivity (Wildman–Crippen MR) is 68.7 cm³/mol. The maximum absolute atomic E-state index is 4.43. The maximum atomic E-state index is 4.43. The van der Waals surface area contributed by atoms with Crippen LogP contribution in [0.2, 0.25) is 0 Å². The van der Waals surface area contributed by atoms with E-state index in [4.69, 9.17) is 0 Å². The van der Waals surface area contributed by atoms with E-state index in [-0.39, 0.29) is 0 Å². The van der Waals surface area contributed by atoms with E-state index in [1.807, 2.05) is 0 Å². The van der Waals surface area contributed by atoms with E-state index in [9.17, 15) is 0 Å². The van der Waals surface area contributed by atoms with E-state index in [1.165, 1.54) is 38.5 Å². The van der Waals surface area contributed by atoms with Crippen molar-refractivity contribution in [2.45, 2.75) is 71.0 Å². The average Bonchev–Trinajstić information content (AvgIpc) is 2.60. The molecule has 1 N–H and O–H groups in total. The first-order chi connectivity index (χ1) is 8.27. The standard InChI is InChI=1S/C13H24N4/c1-11(2)14-9-13-15-10-16-17(13)12-7-5-3-4-6-8-12/h10-12,14H,3-9H2,1-2H3. The van der Waals surface area contributed by atoms with Gasteiger partial charge in [0.15, 0.2) is 0 Å². The zero-order valence-electron chi connectivity index (χ0n) is 11.0. The molecule has 0 aromatic carbocycles. The highest BCUT2D eigenvalue weighted by Crippen LogP contribution is 2.26. The first-order valence-corrected chi connectivity index (χ1v) is 6.89. The van der Waals surface area contributed by atoms with Gasteiger partial charge in [-0.25, -0.2) is 9.67 Å². The molecule has 1 aliphatic rings. The molecule has 1 aromatic heterocycles. The minimum absolute atomic E-state index is 0.495. The summed E-state index contributed by atoms with van der Waals surface area (Å²) in [6.07, 6.45) is 9.65. The quantitative estimate of drug-likeness (QED) is 0.817. The van der Waals surface area contributed by atoms with E-state index < -0.39 is 0 Å². The third-order valence-corrected chi connectivity index (χ3v) is 3.49. The van der Waals surface area contributed by atoms with Gasteiger partial charge in [0.2, 0.25) is 0 Å². The van der Waals surface area contributed by atoms with Crippen LogP contribution in [0.3, 0.4) is 0 Å². The van der Waals surface area contributed by atoms with Crippen molar-refractivity contribution in [1.82, 2.24) is 20.1 Å². The summed E-state index contributed by atoms with van der Waals surface area (Å²) in [7, 11) is 0. The van der Waals surface area contributed by atoms with Crippen LogP contribution in [-0.4, -0.2) is 20.8 Å². The molecule has 2 rings (SSSR count). The molecule has 1 heterocycles. The van der Waals surface area contributed by atoms with E-state index in [1.54, 1.807) is 6.33 Å². The van der Waals surface area contributed by atoms with Crippen molar-refractivity contribution in [2.75, 3.05) is 0 Å². The zero-order chi connectivity index (χ0) is 12.1. The Balaban J connectivity index is 2.01. The summed E-state index contributed by atoms with van der Waals surface area (Å²) < 4.78 is 2.15. The van der Waals surface area contributed by atoms with E-state index >= 15 is 0 Å². The number of nitrogens with one attached hydrogen (secondary N) is 1. The van der Waals surface area contributed by atoms with Crippen LogP contribution in [0, 0.1) is 0 Å². The van der Waals surface area contributed by atoms with Crippen LogP contribution in [0.1, 0.15) is 64.2 Å². The smallest absolute Gasteiger partial charge is 0.141 e. The van der Waals surface area contributed by atoms with Gasteiger partial charge in [0.05, 0.1) is 12.6 Å². The summed E-state index contributed by atoms with van der Waals surface area (Å²) >= 11 is 0. The van der Waals surface area contributed by atoms with Gasteiger partial charge in [-0.1, -0.05) is 39.5 Å². The Morgan fingerprint density at radius 2 is 2.00 bits per heavy atom. The first kappa shape index (κ1) is 12.6. The van der Waals surface area contributed by atoms with Crippen LogP contribution >= 0.6 is 0 Å². The highest BCUT2D eigenvalue weighted by molar-refractivity contribution is 4.88. The number of hydrogen-bond acceptors (Lipinski definition) is 3. The van der Waals surface area contributed by atoms with Crippen molar-refractivity contribution in [1.29, 1.82) is 0 Å². The molecule has 0 aliphatic heterocycles. The molecule has 0 saturated heterocycles.